The number of carbonyl (C=O) groups is 1. The summed E-state index contributed by atoms with van der Waals surface area (Å²) in [5, 5.41) is 11.3. The second-order valence-corrected chi connectivity index (χ2v) is 5.52. The predicted molar refractivity (Wildman–Crippen MR) is 95.5 cm³/mol. The van der Waals surface area contributed by atoms with Crippen LogP contribution in [-0.4, -0.2) is 24.9 Å². The maximum Gasteiger partial charge on any atom is 0.280 e. The van der Waals surface area contributed by atoms with E-state index in [1.807, 2.05) is 19.9 Å². The lowest BCUT2D eigenvalue weighted by Crippen LogP contribution is -1.98. The van der Waals surface area contributed by atoms with E-state index in [9.17, 15) is 14.9 Å². The number of hydrogen-bond acceptors (Lipinski definition) is 5. The highest BCUT2D eigenvalue weighted by Crippen LogP contribution is 2.35. The Balaban J connectivity index is 2.40. The van der Waals surface area contributed by atoms with Crippen molar-refractivity contribution < 1.29 is 19.2 Å². The average molecular weight is 341 g/mol. The second-order valence-electron chi connectivity index (χ2n) is 5.52. The minimum absolute atomic E-state index is 0.165. The van der Waals surface area contributed by atoms with Gasteiger partial charge in [0.15, 0.2) is 17.3 Å². The molecule has 0 saturated heterocycles. The van der Waals surface area contributed by atoms with E-state index >= 15 is 0 Å². The Kier molecular flexibility index (Phi) is 5.54. The Morgan fingerprint density at radius 1 is 1.04 bits per heavy atom. The summed E-state index contributed by atoms with van der Waals surface area (Å²) >= 11 is 0. The molecule has 2 rings (SSSR count). The third-order valence-electron chi connectivity index (χ3n) is 3.94. The normalized spacial score (nSPS) is 10.7. The Hall–Kier alpha value is -3.15. The van der Waals surface area contributed by atoms with Crippen molar-refractivity contribution in [3.63, 3.8) is 0 Å². The third kappa shape index (κ3) is 4.03. The van der Waals surface area contributed by atoms with Gasteiger partial charge in [0.1, 0.15) is 0 Å². The fourth-order valence-corrected chi connectivity index (χ4v) is 2.33. The molecule has 0 fully saturated rings. The highest BCUT2D eigenvalue weighted by Gasteiger charge is 2.18. The van der Waals surface area contributed by atoms with E-state index in [4.69, 9.17) is 9.47 Å². The smallest absolute Gasteiger partial charge is 0.280 e. The van der Waals surface area contributed by atoms with Crippen LogP contribution < -0.4 is 9.47 Å². The average Bonchev–Trinajstić information content (AvgIpc) is 2.60. The monoisotopic (exact) mass is 341 g/mol. The summed E-state index contributed by atoms with van der Waals surface area (Å²) in [4.78, 5) is 23.1. The van der Waals surface area contributed by atoms with Crippen LogP contribution >= 0.6 is 0 Å². The van der Waals surface area contributed by atoms with Crippen LogP contribution in [0.2, 0.25) is 0 Å². The molecule has 0 aliphatic carbocycles. The number of nitrogens with zero attached hydrogens (tertiary/aromatic N) is 1. The largest absolute Gasteiger partial charge is 0.493 e. The number of nitro benzene ring substituents is 1. The van der Waals surface area contributed by atoms with E-state index in [2.05, 4.69) is 0 Å². The summed E-state index contributed by atoms with van der Waals surface area (Å²) in [5.41, 5.74) is 2.73. The molecule has 0 aliphatic heterocycles. The van der Waals surface area contributed by atoms with E-state index in [1.54, 1.807) is 12.1 Å². The number of aryl methyl sites for hydroxylation is 2. The van der Waals surface area contributed by atoms with E-state index in [0.717, 1.165) is 11.1 Å². The van der Waals surface area contributed by atoms with Gasteiger partial charge in [-0.2, -0.15) is 0 Å². The Morgan fingerprint density at radius 3 is 2.24 bits per heavy atom. The standard InChI is InChI=1S/C19H19NO5/c1-12-5-6-15(9-13(12)2)17(21)8-7-14-10-18(24-3)19(25-4)11-16(14)20(22)23/h5-11H,1-4H3. The van der Waals surface area contributed by atoms with Gasteiger partial charge in [-0.1, -0.05) is 12.1 Å². The third-order valence-corrected chi connectivity index (χ3v) is 3.94. The van der Waals surface area contributed by atoms with Crippen molar-refractivity contribution in [2.45, 2.75) is 13.8 Å². The number of benzene rings is 2. The topological polar surface area (TPSA) is 78.7 Å². The van der Waals surface area contributed by atoms with Crippen LogP contribution in [-0.2, 0) is 0 Å². The summed E-state index contributed by atoms with van der Waals surface area (Å²) < 4.78 is 10.2. The molecule has 6 nitrogen and oxygen atoms in total. The van der Waals surface area contributed by atoms with E-state index in [0.29, 0.717) is 11.3 Å². The number of rotatable bonds is 6. The van der Waals surface area contributed by atoms with Crippen molar-refractivity contribution in [3.8, 4) is 11.5 Å². The van der Waals surface area contributed by atoms with Crippen molar-refractivity contribution in [2.24, 2.45) is 0 Å². The zero-order chi connectivity index (χ0) is 18.6. The lowest BCUT2D eigenvalue weighted by Gasteiger charge is -2.08. The lowest BCUT2D eigenvalue weighted by molar-refractivity contribution is -0.385. The molecule has 0 atom stereocenters. The van der Waals surface area contributed by atoms with Gasteiger partial charge in [-0.3, -0.25) is 14.9 Å². The number of hydrogen-bond donors (Lipinski definition) is 0. The molecule has 0 saturated carbocycles. The zero-order valence-corrected chi connectivity index (χ0v) is 14.5. The van der Waals surface area contributed by atoms with Crippen molar-refractivity contribution in [1.29, 1.82) is 0 Å². The second kappa shape index (κ2) is 7.61. The van der Waals surface area contributed by atoms with Crippen LogP contribution in [0.1, 0.15) is 27.0 Å². The van der Waals surface area contributed by atoms with Gasteiger partial charge in [0.05, 0.1) is 30.8 Å². The van der Waals surface area contributed by atoms with E-state index in [-0.39, 0.29) is 22.8 Å². The minimum atomic E-state index is -0.526. The molecule has 0 spiro atoms. The van der Waals surface area contributed by atoms with Gasteiger partial charge in [-0.05, 0) is 49.3 Å². The number of nitro groups is 1. The molecule has 0 N–H and O–H groups in total. The first-order valence-electron chi connectivity index (χ1n) is 7.57. The van der Waals surface area contributed by atoms with Crippen molar-refractivity contribution in [3.05, 3.63) is 68.8 Å². The number of ether oxygens (including phenoxy) is 2. The summed E-state index contributed by atoms with van der Waals surface area (Å²) in [5.74, 6) is 0.380. The maximum atomic E-state index is 12.3. The van der Waals surface area contributed by atoms with Crippen LogP contribution in [0.3, 0.4) is 0 Å². The molecule has 25 heavy (non-hydrogen) atoms. The molecular formula is C19H19NO5. The van der Waals surface area contributed by atoms with Gasteiger partial charge in [0.25, 0.3) is 5.69 Å². The van der Waals surface area contributed by atoms with Crippen molar-refractivity contribution >= 4 is 17.5 Å². The molecule has 130 valence electrons. The molecule has 0 bridgehead atoms. The number of carbonyl (C=O) groups excluding carboxylic acids is 1. The maximum absolute atomic E-state index is 12.3. The van der Waals surface area contributed by atoms with Crippen molar-refractivity contribution in [2.75, 3.05) is 14.2 Å². The molecule has 0 amide bonds. The molecule has 0 radical (unpaired) electrons. The molecule has 0 unspecified atom stereocenters. The zero-order valence-electron chi connectivity index (χ0n) is 14.5. The van der Waals surface area contributed by atoms with Crippen LogP contribution in [0.15, 0.2) is 36.4 Å². The van der Waals surface area contributed by atoms with Crippen LogP contribution in [0, 0.1) is 24.0 Å². The van der Waals surface area contributed by atoms with Gasteiger partial charge >= 0.3 is 0 Å². The van der Waals surface area contributed by atoms with E-state index < -0.39 is 4.92 Å². The van der Waals surface area contributed by atoms with Gasteiger partial charge < -0.3 is 9.47 Å². The molecule has 2 aromatic carbocycles. The number of methoxy groups -OCH3 is 2. The fraction of sp³-hybridized carbons (Fsp3) is 0.211. The fourth-order valence-electron chi connectivity index (χ4n) is 2.33. The SMILES string of the molecule is COc1cc(C=CC(=O)c2ccc(C)c(C)c2)c([N+](=O)[O-])cc1OC. The summed E-state index contributed by atoms with van der Waals surface area (Å²) in [7, 11) is 2.84. The highest BCUT2D eigenvalue weighted by atomic mass is 16.6. The molecule has 0 aliphatic rings. The summed E-state index contributed by atoms with van der Waals surface area (Å²) in [6.45, 7) is 3.89. The van der Waals surface area contributed by atoms with Gasteiger partial charge in [-0.25, -0.2) is 0 Å². The van der Waals surface area contributed by atoms with Gasteiger partial charge in [-0.15, -0.1) is 0 Å². The molecule has 6 heteroatoms. The molecule has 0 aromatic heterocycles. The van der Waals surface area contributed by atoms with Crippen LogP contribution in [0.4, 0.5) is 5.69 Å². The Labute approximate surface area is 145 Å². The lowest BCUT2D eigenvalue weighted by atomic mass is 10.0. The predicted octanol–water partition coefficient (Wildman–Crippen LogP) is 4.12. The van der Waals surface area contributed by atoms with E-state index in [1.165, 1.54) is 38.5 Å². The number of allylic oxidation sites excluding steroid dienone is 1. The van der Waals surface area contributed by atoms with Crippen LogP contribution in [0.5, 0.6) is 11.5 Å². The Morgan fingerprint density at radius 2 is 1.68 bits per heavy atom. The minimum Gasteiger partial charge on any atom is -0.493 e. The van der Waals surface area contributed by atoms with Gasteiger partial charge in [0, 0.05) is 5.56 Å². The summed E-state index contributed by atoms with van der Waals surface area (Å²) in [6, 6.07) is 8.15. The van der Waals surface area contributed by atoms with Crippen molar-refractivity contribution in [1.82, 2.24) is 0 Å². The first-order valence-corrected chi connectivity index (χ1v) is 7.57. The Bertz CT molecular complexity index is 855. The quantitative estimate of drug-likeness (QED) is 0.342. The van der Waals surface area contributed by atoms with Gasteiger partial charge in [0.2, 0.25) is 0 Å². The highest BCUT2D eigenvalue weighted by molar-refractivity contribution is 6.07. The van der Waals surface area contributed by atoms with Crippen LogP contribution in [0.25, 0.3) is 6.08 Å². The molecule has 0 heterocycles. The number of ketones is 1. The first kappa shape index (κ1) is 18.2. The molecule has 2 aromatic rings. The summed E-state index contributed by atoms with van der Waals surface area (Å²) in [6.07, 6.45) is 2.73. The molecular weight excluding hydrogens is 322 g/mol. The first-order chi connectivity index (χ1) is 11.9.